The molecule has 1 heterocycles. The number of hydrogen-bond donors (Lipinski definition) is 2. The summed E-state index contributed by atoms with van der Waals surface area (Å²) in [5, 5.41) is 6.65. The van der Waals surface area contributed by atoms with Gasteiger partial charge < -0.3 is 24.8 Å². The summed E-state index contributed by atoms with van der Waals surface area (Å²) in [4.78, 5) is 4.25. The first-order chi connectivity index (χ1) is 11.8. The van der Waals surface area contributed by atoms with Crippen molar-refractivity contribution < 1.29 is 14.2 Å². The van der Waals surface area contributed by atoms with Gasteiger partial charge in [0.15, 0.2) is 5.96 Å². The fraction of sp³-hybridized carbons (Fsp3) is 0.611. The molecule has 1 aromatic carbocycles. The van der Waals surface area contributed by atoms with Gasteiger partial charge in [-0.3, -0.25) is 4.99 Å². The number of methoxy groups -OCH3 is 1. The number of nitrogens with one attached hydrogen (secondary N) is 2. The van der Waals surface area contributed by atoms with Crippen LogP contribution in [0.25, 0.3) is 0 Å². The number of guanidine groups is 1. The molecule has 6 heteroatoms. The number of hydrogen-bond acceptors (Lipinski definition) is 4. The van der Waals surface area contributed by atoms with E-state index in [0.29, 0.717) is 13.2 Å². The van der Waals surface area contributed by atoms with Gasteiger partial charge in [0.05, 0.1) is 19.8 Å². The van der Waals surface area contributed by atoms with Gasteiger partial charge in [0.1, 0.15) is 11.9 Å². The predicted octanol–water partition coefficient (Wildman–Crippen LogP) is 1.60. The standard InChI is InChI=1S/C18H29N3O3/c1-19-18(20-9-5-6-10-23-12-11-22-2)21-14-16-13-15-7-3-4-8-17(15)24-16/h3-4,7-8,16H,5-6,9-14H2,1-2H3,(H2,19,20,21). The molecule has 6 nitrogen and oxygen atoms in total. The molecule has 1 aliphatic rings. The monoisotopic (exact) mass is 335 g/mol. The summed E-state index contributed by atoms with van der Waals surface area (Å²) in [7, 11) is 3.47. The van der Waals surface area contributed by atoms with Crippen molar-refractivity contribution in [3.8, 4) is 5.75 Å². The molecular formula is C18H29N3O3. The molecule has 0 radical (unpaired) electrons. The van der Waals surface area contributed by atoms with Gasteiger partial charge in [-0.05, 0) is 24.5 Å². The van der Waals surface area contributed by atoms with Gasteiger partial charge in [0, 0.05) is 33.7 Å². The molecule has 1 aliphatic heterocycles. The van der Waals surface area contributed by atoms with E-state index in [0.717, 1.165) is 50.7 Å². The molecule has 0 spiro atoms. The summed E-state index contributed by atoms with van der Waals surface area (Å²) < 4.78 is 16.3. The van der Waals surface area contributed by atoms with Crippen LogP contribution in [0.5, 0.6) is 5.75 Å². The molecule has 0 fully saturated rings. The molecule has 1 aromatic rings. The van der Waals surface area contributed by atoms with Crippen LogP contribution >= 0.6 is 0 Å². The van der Waals surface area contributed by atoms with E-state index < -0.39 is 0 Å². The zero-order valence-corrected chi connectivity index (χ0v) is 14.7. The molecule has 1 atom stereocenters. The average Bonchev–Trinajstić information content (AvgIpc) is 3.02. The van der Waals surface area contributed by atoms with E-state index in [-0.39, 0.29) is 6.10 Å². The maximum absolute atomic E-state index is 5.92. The van der Waals surface area contributed by atoms with Crippen LogP contribution in [0.4, 0.5) is 0 Å². The van der Waals surface area contributed by atoms with Gasteiger partial charge in [-0.2, -0.15) is 0 Å². The summed E-state index contributed by atoms with van der Waals surface area (Å²) in [6, 6.07) is 8.21. The third-order valence-corrected chi connectivity index (χ3v) is 3.87. The molecule has 24 heavy (non-hydrogen) atoms. The Balaban J connectivity index is 1.54. The Kier molecular flexibility index (Phi) is 8.41. The van der Waals surface area contributed by atoms with Crippen LogP contribution in [0.2, 0.25) is 0 Å². The smallest absolute Gasteiger partial charge is 0.191 e. The van der Waals surface area contributed by atoms with Crippen molar-refractivity contribution in [1.82, 2.24) is 10.6 Å². The second-order valence-electron chi connectivity index (χ2n) is 5.74. The van der Waals surface area contributed by atoms with Crippen molar-refractivity contribution in [3.63, 3.8) is 0 Å². The quantitative estimate of drug-likeness (QED) is 0.386. The van der Waals surface area contributed by atoms with Crippen molar-refractivity contribution >= 4 is 5.96 Å². The topological polar surface area (TPSA) is 64.1 Å². The van der Waals surface area contributed by atoms with Gasteiger partial charge >= 0.3 is 0 Å². The Labute approximate surface area is 144 Å². The van der Waals surface area contributed by atoms with Crippen LogP contribution in [0.1, 0.15) is 18.4 Å². The van der Waals surface area contributed by atoms with E-state index in [2.05, 4.69) is 27.8 Å². The van der Waals surface area contributed by atoms with E-state index in [9.17, 15) is 0 Å². The first-order valence-corrected chi connectivity index (χ1v) is 8.59. The molecule has 2 N–H and O–H groups in total. The lowest BCUT2D eigenvalue weighted by Crippen LogP contribution is -2.42. The lowest BCUT2D eigenvalue weighted by atomic mass is 10.1. The maximum atomic E-state index is 5.92. The molecule has 0 amide bonds. The number of rotatable bonds is 10. The van der Waals surface area contributed by atoms with Gasteiger partial charge in [-0.15, -0.1) is 0 Å². The van der Waals surface area contributed by atoms with Crippen molar-refractivity contribution in [2.45, 2.75) is 25.4 Å². The fourth-order valence-corrected chi connectivity index (χ4v) is 2.58. The van der Waals surface area contributed by atoms with E-state index in [1.807, 2.05) is 12.1 Å². The third-order valence-electron chi connectivity index (χ3n) is 3.87. The van der Waals surface area contributed by atoms with Gasteiger partial charge in [-0.25, -0.2) is 0 Å². The van der Waals surface area contributed by atoms with Crippen molar-refractivity contribution in [1.29, 1.82) is 0 Å². The fourth-order valence-electron chi connectivity index (χ4n) is 2.58. The summed E-state index contributed by atoms with van der Waals surface area (Å²) in [6.07, 6.45) is 3.17. The lowest BCUT2D eigenvalue weighted by Gasteiger charge is -2.15. The Bertz CT molecular complexity index is 483. The molecule has 0 saturated heterocycles. The number of ether oxygens (including phenoxy) is 3. The highest BCUT2D eigenvalue weighted by atomic mass is 16.5. The second kappa shape index (κ2) is 10.9. The molecule has 0 aliphatic carbocycles. The average molecular weight is 335 g/mol. The number of aliphatic imine (C=N–C) groups is 1. The molecule has 0 bridgehead atoms. The number of nitrogens with zero attached hydrogens (tertiary/aromatic N) is 1. The highest BCUT2D eigenvalue weighted by Crippen LogP contribution is 2.27. The Morgan fingerprint density at radius 3 is 2.88 bits per heavy atom. The van der Waals surface area contributed by atoms with E-state index in [4.69, 9.17) is 14.2 Å². The molecule has 0 saturated carbocycles. The summed E-state index contributed by atoms with van der Waals surface area (Å²) >= 11 is 0. The van der Waals surface area contributed by atoms with Gasteiger partial charge in [0.2, 0.25) is 0 Å². The Hall–Kier alpha value is -1.79. The van der Waals surface area contributed by atoms with E-state index >= 15 is 0 Å². The van der Waals surface area contributed by atoms with E-state index in [1.165, 1.54) is 5.56 Å². The van der Waals surface area contributed by atoms with Crippen LogP contribution in [0, 0.1) is 0 Å². The third kappa shape index (κ3) is 6.37. The number of fused-ring (bicyclic) bond motifs is 1. The van der Waals surface area contributed by atoms with Crippen molar-refractivity contribution in [2.75, 3.05) is 47.1 Å². The van der Waals surface area contributed by atoms with Crippen LogP contribution in [-0.4, -0.2) is 59.1 Å². The first-order valence-electron chi connectivity index (χ1n) is 8.59. The molecule has 1 unspecified atom stereocenters. The summed E-state index contributed by atoms with van der Waals surface area (Å²) in [6.45, 7) is 3.71. The normalized spacial score (nSPS) is 16.6. The van der Waals surface area contributed by atoms with Crippen molar-refractivity contribution in [2.24, 2.45) is 4.99 Å². The summed E-state index contributed by atoms with van der Waals surface area (Å²) in [5.74, 6) is 1.82. The van der Waals surface area contributed by atoms with Crippen LogP contribution in [-0.2, 0) is 15.9 Å². The first kappa shape index (κ1) is 18.5. The Morgan fingerprint density at radius 2 is 2.08 bits per heavy atom. The molecule has 0 aromatic heterocycles. The zero-order chi connectivity index (χ0) is 17.0. The second-order valence-corrected chi connectivity index (χ2v) is 5.74. The number of benzene rings is 1. The van der Waals surface area contributed by atoms with Gasteiger partial charge in [0.25, 0.3) is 0 Å². The number of para-hydroxylation sites is 1. The van der Waals surface area contributed by atoms with Crippen LogP contribution in [0.3, 0.4) is 0 Å². The largest absolute Gasteiger partial charge is 0.488 e. The Morgan fingerprint density at radius 1 is 1.21 bits per heavy atom. The van der Waals surface area contributed by atoms with E-state index in [1.54, 1.807) is 14.2 Å². The molecule has 2 rings (SSSR count). The number of unbranched alkanes of at least 4 members (excludes halogenated alkanes) is 1. The van der Waals surface area contributed by atoms with Gasteiger partial charge in [-0.1, -0.05) is 18.2 Å². The molecular weight excluding hydrogens is 306 g/mol. The molecule has 134 valence electrons. The minimum absolute atomic E-state index is 0.162. The minimum Gasteiger partial charge on any atom is -0.488 e. The van der Waals surface area contributed by atoms with Crippen LogP contribution in [0.15, 0.2) is 29.3 Å². The lowest BCUT2D eigenvalue weighted by molar-refractivity contribution is 0.0689. The highest BCUT2D eigenvalue weighted by Gasteiger charge is 2.22. The summed E-state index contributed by atoms with van der Waals surface area (Å²) in [5.41, 5.74) is 1.28. The van der Waals surface area contributed by atoms with Crippen LogP contribution < -0.4 is 15.4 Å². The van der Waals surface area contributed by atoms with Crippen molar-refractivity contribution in [3.05, 3.63) is 29.8 Å². The SMILES string of the molecule is CN=C(NCCCCOCCOC)NCC1Cc2ccccc2O1. The zero-order valence-electron chi connectivity index (χ0n) is 14.7. The minimum atomic E-state index is 0.162. The maximum Gasteiger partial charge on any atom is 0.191 e. The predicted molar refractivity (Wildman–Crippen MR) is 95.9 cm³/mol. The highest BCUT2D eigenvalue weighted by molar-refractivity contribution is 5.79.